The maximum absolute atomic E-state index is 14.6. The number of carbonyl (C=O) groups excluding carboxylic acids is 2. The lowest BCUT2D eigenvalue weighted by Crippen LogP contribution is -2.58. The maximum atomic E-state index is 14.6. The molecule has 7 nitrogen and oxygen atoms in total. The van der Waals surface area contributed by atoms with Crippen molar-refractivity contribution in [2.75, 3.05) is 18.0 Å². The molecule has 1 saturated carbocycles. The Labute approximate surface area is 274 Å². The van der Waals surface area contributed by atoms with Crippen molar-refractivity contribution in [3.05, 3.63) is 69.7 Å². The first-order chi connectivity index (χ1) is 21.6. The highest BCUT2D eigenvalue weighted by atomic mass is 79.9. The Hall–Kier alpha value is -3.60. The van der Waals surface area contributed by atoms with E-state index in [0.717, 1.165) is 41.8 Å². The summed E-state index contributed by atoms with van der Waals surface area (Å²) >= 11 is 3.54. The highest BCUT2D eigenvalue weighted by molar-refractivity contribution is 9.10. The molecule has 2 bridgehead atoms. The Kier molecular flexibility index (Phi) is 8.14. The fourth-order valence-corrected chi connectivity index (χ4v) is 7.51. The first kappa shape index (κ1) is 32.3. The van der Waals surface area contributed by atoms with E-state index in [4.69, 9.17) is 9.72 Å². The van der Waals surface area contributed by atoms with Gasteiger partial charge < -0.3 is 19.7 Å². The van der Waals surface area contributed by atoms with Crippen molar-refractivity contribution >= 4 is 50.1 Å². The van der Waals surface area contributed by atoms with E-state index in [1.165, 1.54) is 12.1 Å². The van der Waals surface area contributed by atoms with Gasteiger partial charge in [0.2, 0.25) is 0 Å². The zero-order valence-electron chi connectivity index (χ0n) is 26.3. The molecule has 4 aliphatic rings. The second-order valence-electron chi connectivity index (χ2n) is 13.6. The standard InChI is InChI=1S/C35H37BrF3N3O4/c1-21-28(24-19-22(36)11-12-26(24)40-29(21)42-17-7-8-18-42)30(43)41-34-15-13-33(14-16-34,31(44)46-32(2,3)4)20-25(34)23-9-5-6-10-27(23)45-35(37,38)39/h5-6,9-12,19-20H,7-8,13-18H2,1-4H3,(H,41,43). The minimum absolute atomic E-state index is 0.171. The Morgan fingerprint density at radius 3 is 2.33 bits per heavy atom. The van der Waals surface area contributed by atoms with Crippen molar-refractivity contribution in [3.63, 3.8) is 0 Å². The molecular formula is C35H37BrF3N3O4. The normalized spacial score (nSPS) is 23.0. The number of aromatic nitrogens is 1. The number of nitrogens with zero attached hydrogens (tertiary/aromatic N) is 2. The summed E-state index contributed by atoms with van der Waals surface area (Å²) < 4.78 is 51.8. The van der Waals surface area contributed by atoms with Crippen molar-refractivity contribution in [2.24, 2.45) is 5.41 Å². The van der Waals surface area contributed by atoms with Crippen LogP contribution in [0, 0.1) is 12.3 Å². The van der Waals surface area contributed by atoms with E-state index in [1.54, 1.807) is 39.0 Å². The van der Waals surface area contributed by atoms with Gasteiger partial charge in [-0.15, -0.1) is 13.2 Å². The van der Waals surface area contributed by atoms with Gasteiger partial charge >= 0.3 is 12.3 Å². The number of hydrogen-bond acceptors (Lipinski definition) is 6. The number of benzene rings is 2. The van der Waals surface area contributed by atoms with Crippen LogP contribution in [0.2, 0.25) is 0 Å². The zero-order chi connectivity index (χ0) is 33.1. The molecule has 1 N–H and O–H groups in total. The summed E-state index contributed by atoms with van der Waals surface area (Å²) in [4.78, 5) is 35.4. The minimum Gasteiger partial charge on any atom is -0.459 e. The molecular weight excluding hydrogens is 663 g/mol. The number of halogens is 4. The molecule has 2 heterocycles. The third-order valence-electron chi connectivity index (χ3n) is 9.29. The molecule has 11 heteroatoms. The van der Waals surface area contributed by atoms with Gasteiger partial charge in [0, 0.05) is 34.1 Å². The molecule has 244 valence electrons. The average molecular weight is 701 g/mol. The van der Waals surface area contributed by atoms with Crippen molar-refractivity contribution in [1.29, 1.82) is 0 Å². The first-order valence-corrected chi connectivity index (χ1v) is 16.4. The Bertz CT molecular complexity index is 1730. The van der Waals surface area contributed by atoms with E-state index in [0.29, 0.717) is 47.7 Å². The van der Waals surface area contributed by atoms with Crippen molar-refractivity contribution < 1.29 is 32.2 Å². The number of carbonyl (C=O) groups is 2. The van der Waals surface area contributed by atoms with Gasteiger partial charge in [-0.1, -0.05) is 40.2 Å². The molecule has 0 atom stereocenters. The fraction of sp³-hybridized carbons (Fsp3) is 0.457. The smallest absolute Gasteiger partial charge is 0.459 e. The number of para-hydroxylation sites is 1. The average Bonchev–Trinajstić information content (AvgIpc) is 3.51. The first-order valence-electron chi connectivity index (χ1n) is 15.6. The fourth-order valence-electron chi connectivity index (χ4n) is 7.15. The number of hydrogen-bond donors (Lipinski definition) is 1. The Balaban J connectivity index is 1.48. The van der Waals surface area contributed by atoms with Crippen LogP contribution in [0.1, 0.15) is 80.8 Å². The molecule has 3 aromatic rings. The van der Waals surface area contributed by atoms with Crippen molar-refractivity contribution in [1.82, 2.24) is 10.3 Å². The van der Waals surface area contributed by atoms with Crippen LogP contribution in [0.15, 0.2) is 53.0 Å². The molecule has 0 unspecified atom stereocenters. The van der Waals surface area contributed by atoms with E-state index in [2.05, 4.69) is 30.9 Å². The van der Waals surface area contributed by atoms with Crippen LogP contribution in [-0.2, 0) is 9.53 Å². The zero-order valence-corrected chi connectivity index (χ0v) is 27.9. The van der Waals surface area contributed by atoms with Gasteiger partial charge in [-0.05, 0) is 96.1 Å². The molecule has 1 amide bonds. The molecule has 46 heavy (non-hydrogen) atoms. The van der Waals surface area contributed by atoms with Crippen LogP contribution >= 0.6 is 15.9 Å². The summed E-state index contributed by atoms with van der Waals surface area (Å²) in [5.41, 5.74) is -0.391. The molecule has 2 fully saturated rings. The lowest BCUT2D eigenvalue weighted by Gasteiger charge is -2.52. The molecule has 1 saturated heterocycles. The van der Waals surface area contributed by atoms with Crippen LogP contribution in [-0.4, -0.2) is 47.5 Å². The summed E-state index contributed by atoms with van der Waals surface area (Å²) in [5.74, 6) is -0.420. The molecule has 0 spiro atoms. The van der Waals surface area contributed by atoms with Crippen LogP contribution in [0.25, 0.3) is 16.5 Å². The van der Waals surface area contributed by atoms with Gasteiger partial charge in [-0.2, -0.15) is 0 Å². The van der Waals surface area contributed by atoms with Crippen LogP contribution in [0.5, 0.6) is 5.75 Å². The van der Waals surface area contributed by atoms with Crippen molar-refractivity contribution in [3.8, 4) is 5.75 Å². The van der Waals surface area contributed by atoms with Crippen molar-refractivity contribution in [2.45, 2.75) is 83.7 Å². The summed E-state index contributed by atoms with van der Waals surface area (Å²) in [6.45, 7) is 8.93. The van der Waals surface area contributed by atoms with Gasteiger partial charge in [0.05, 0.1) is 22.0 Å². The second kappa shape index (κ2) is 11.6. The molecule has 2 aromatic carbocycles. The van der Waals surface area contributed by atoms with Gasteiger partial charge in [-0.3, -0.25) is 9.59 Å². The Morgan fingerprint density at radius 1 is 1.00 bits per heavy atom. The third-order valence-corrected chi connectivity index (χ3v) is 9.78. The molecule has 3 aliphatic carbocycles. The summed E-state index contributed by atoms with van der Waals surface area (Å²) in [7, 11) is 0. The molecule has 1 aliphatic heterocycles. The number of fused-ring (bicyclic) bond motifs is 3. The lowest BCUT2D eigenvalue weighted by atomic mass is 9.57. The van der Waals surface area contributed by atoms with E-state index < -0.39 is 34.6 Å². The van der Waals surface area contributed by atoms with E-state index in [-0.39, 0.29) is 11.5 Å². The highest BCUT2D eigenvalue weighted by Gasteiger charge is 2.55. The van der Waals surface area contributed by atoms with Gasteiger partial charge in [0.1, 0.15) is 17.2 Å². The number of nitrogens with one attached hydrogen (secondary N) is 1. The number of alkyl halides is 3. The van der Waals surface area contributed by atoms with E-state index in [9.17, 15) is 22.8 Å². The predicted molar refractivity (Wildman–Crippen MR) is 174 cm³/mol. The minimum atomic E-state index is -4.93. The second-order valence-corrected chi connectivity index (χ2v) is 14.5. The predicted octanol–water partition coefficient (Wildman–Crippen LogP) is 8.27. The third kappa shape index (κ3) is 6.10. The molecule has 0 radical (unpaired) electrons. The maximum Gasteiger partial charge on any atom is 0.573 e. The number of rotatable bonds is 6. The highest BCUT2D eigenvalue weighted by Crippen LogP contribution is 2.56. The number of ether oxygens (including phenoxy) is 2. The summed E-state index contributed by atoms with van der Waals surface area (Å²) in [6, 6.07) is 11.5. The van der Waals surface area contributed by atoms with Gasteiger partial charge in [0.15, 0.2) is 0 Å². The monoisotopic (exact) mass is 699 g/mol. The van der Waals surface area contributed by atoms with E-state index >= 15 is 0 Å². The van der Waals surface area contributed by atoms with E-state index in [1.807, 2.05) is 25.1 Å². The molecule has 1 aromatic heterocycles. The van der Waals surface area contributed by atoms with Crippen LogP contribution < -0.4 is 15.0 Å². The number of pyridine rings is 1. The number of amides is 1. The molecule has 7 rings (SSSR count). The largest absolute Gasteiger partial charge is 0.573 e. The Morgan fingerprint density at radius 2 is 1.67 bits per heavy atom. The number of esters is 1. The van der Waals surface area contributed by atoms with Crippen LogP contribution in [0.3, 0.4) is 0 Å². The van der Waals surface area contributed by atoms with Gasteiger partial charge in [-0.25, -0.2) is 4.98 Å². The SMILES string of the molecule is Cc1c(N2CCCC2)nc2ccc(Br)cc2c1C(=O)NC12CCC(C(=O)OC(C)(C)C)(C=C1c1ccccc1OC(F)(F)F)CC2. The summed E-state index contributed by atoms with van der Waals surface area (Å²) in [5, 5.41) is 3.96. The lowest BCUT2D eigenvalue weighted by molar-refractivity contribution is -0.274. The number of anilines is 1. The van der Waals surface area contributed by atoms with Crippen LogP contribution in [0.4, 0.5) is 19.0 Å². The topological polar surface area (TPSA) is 80.8 Å². The van der Waals surface area contributed by atoms with Gasteiger partial charge in [0.25, 0.3) is 5.91 Å². The summed E-state index contributed by atoms with van der Waals surface area (Å²) in [6.07, 6.45) is 0.258. The quantitative estimate of drug-likeness (QED) is 0.261.